The number of carbonyl (C=O) groups excluding carboxylic acids is 1. The summed E-state index contributed by atoms with van der Waals surface area (Å²) in [6.45, 7) is 3.54. The molecule has 0 aliphatic carbocycles. The van der Waals surface area contributed by atoms with E-state index in [-0.39, 0.29) is 35.5 Å². The standard InChI is InChI=1S/C11H15BrN2O5S.Na/c1-6-4-9(14-11(15)8(5-12)17-3)13-7(2)10(6)20-19-18-16;/h4,8,16H,5H2,1-3H3,(H,13,14,15);/q;+1/p-1. The second kappa shape index (κ2) is 10.9. The van der Waals surface area contributed by atoms with E-state index in [1.54, 1.807) is 19.9 Å². The van der Waals surface area contributed by atoms with Crippen LogP contribution in [0.5, 0.6) is 0 Å². The number of ether oxygens (including phenoxy) is 1. The molecule has 1 unspecified atom stereocenters. The van der Waals surface area contributed by atoms with Crippen molar-refractivity contribution < 1.29 is 53.7 Å². The Morgan fingerprint density at radius 2 is 2.24 bits per heavy atom. The molecule has 0 radical (unpaired) electrons. The quantitative estimate of drug-likeness (QED) is 0.195. The van der Waals surface area contributed by atoms with Crippen LogP contribution in [0.2, 0.25) is 0 Å². The summed E-state index contributed by atoms with van der Waals surface area (Å²) in [5, 5.41) is 16.2. The second-order valence-electron chi connectivity index (χ2n) is 3.83. The summed E-state index contributed by atoms with van der Waals surface area (Å²) in [4.78, 5) is 16.7. The number of halogens is 1. The Morgan fingerprint density at radius 1 is 1.57 bits per heavy atom. The average Bonchev–Trinajstić information content (AvgIpc) is 2.39. The van der Waals surface area contributed by atoms with E-state index in [4.69, 9.17) is 4.74 Å². The molecule has 10 heteroatoms. The van der Waals surface area contributed by atoms with Crippen molar-refractivity contribution in [1.29, 1.82) is 0 Å². The van der Waals surface area contributed by atoms with Gasteiger partial charge in [0.15, 0.2) is 0 Å². The average molecular weight is 389 g/mol. The predicted octanol–water partition coefficient (Wildman–Crippen LogP) is -1.72. The zero-order chi connectivity index (χ0) is 15.1. The number of anilines is 1. The van der Waals surface area contributed by atoms with Crippen molar-refractivity contribution in [3.63, 3.8) is 0 Å². The fourth-order valence-corrected chi connectivity index (χ4v) is 2.52. The molecule has 112 valence electrons. The molecule has 1 atom stereocenters. The van der Waals surface area contributed by atoms with E-state index in [1.807, 2.05) is 0 Å². The first-order valence-electron chi connectivity index (χ1n) is 5.54. The van der Waals surface area contributed by atoms with Crippen LogP contribution in [0.1, 0.15) is 11.3 Å². The maximum atomic E-state index is 11.9. The Morgan fingerprint density at radius 3 is 2.71 bits per heavy atom. The predicted molar refractivity (Wildman–Crippen MR) is 75.0 cm³/mol. The Balaban J connectivity index is 0.00000400. The number of rotatable bonds is 7. The third kappa shape index (κ3) is 6.51. The monoisotopic (exact) mass is 388 g/mol. The minimum absolute atomic E-state index is 0. The van der Waals surface area contributed by atoms with Crippen molar-refractivity contribution in [2.75, 3.05) is 17.8 Å². The Bertz CT molecular complexity index is 453. The van der Waals surface area contributed by atoms with E-state index in [1.165, 1.54) is 7.11 Å². The first-order chi connectivity index (χ1) is 9.53. The fraction of sp³-hybridized carbons (Fsp3) is 0.455. The van der Waals surface area contributed by atoms with Gasteiger partial charge in [0, 0.05) is 12.4 Å². The van der Waals surface area contributed by atoms with E-state index in [0.29, 0.717) is 21.7 Å². The van der Waals surface area contributed by atoms with Crippen LogP contribution in [0.25, 0.3) is 0 Å². The molecular formula is C11H14BrN2NaO5S. The molecule has 0 fully saturated rings. The van der Waals surface area contributed by atoms with E-state index in [9.17, 15) is 10.1 Å². The van der Waals surface area contributed by atoms with Crippen molar-refractivity contribution in [1.82, 2.24) is 4.98 Å². The smallest absolute Gasteiger partial charge is 0.691 e. The van der Waals surface area contributed by atoms with Crippen molar-refractivity contribution >= 4 is 39.7 Å². The zero-order valence-corrected chi connectivity index (χ0v) is 16.5. The van der Waals surface area contributed by atoms with Crippen molar-refractivity contribution in [3.05, 3.63) is 17.3 Å². The first kappa shape index (κ1) is 21.3. The minimum Gasteiger partial charge on any atom is -0.691 e. The summed E-state index contributed by atoms with van der Waals surface area (Å²) in [5.74, 6) is 0.107. The number of nitrogens with one attached hydrogen (secondary N) is 1. The van der Waals surface area contributed by atoms with Gasteiger partial charge in [-0.3, -0.25) is 9.83 Å². The molecule has 0 aliphatic rings. The molecular weight excluding hydrogens is 375 g/mol. The van der Waals surface area contributed by atoms with E-state index >= 15 is 0 Å². The van der Waals surface area contributed by atoms with Crippen LogP contribution in [0.4, 0.5) is 5.82 Å². The number of methoxy groups -OCH3 is 1. The van der Waals surface area contributed by atoms with Gasteiger partial charge in [0.2, 0.25) is 0 Å². The van der Waals surface area contributed by atoms with Crippen LogP contribution in [0.15, 0.2) is 11.0 Å². The van der Waals surface area contributed by atoms with Gasteiger partial charge in [-0.15, -0.1) is 0 Å². The van der Waals surface area contributed by atoms with Crippen LogP contribution >= 0.6 is 28.0 Å². The van der Waals surface area contributed by atoms with Gasteiger partial charge in [0.05, 0.1) is 22.6 Å². The number of carbonyl (C=O) groups is 1. The summed E-state index contributed by atoms with van der Waals surface area (Å²) >= 11 is 3.96. The second-order valence-corrected chi connectivity index (χ2v) is 5.18. The van der Waals surface area contributed by atoms with Gasteiger partial charge < -0.3 is 15.3 Å². The summed E-state index contributed by atoms with van der Waals surface area (Å²) in [5.41, 5.74) is 1.40. The molecule has 1 aromatic heterocycles. The van der Waals surface area contributed by atoms with Crippen molar-refractivity contribution in [2.24, 2.45) is 0 Å². The van der Waals surface area contributed by atoms with Gasteiger partial charge in [0.25, 0.3) is 5.91 Å². The van der Waals surface area contributed by atoms with E-state index in [2.05, 4.69) is 35.6 Å². The van der Waals surface area contributed by atoms with Crippen LogP contribution in [0, 0.1) is 13.8 Å². The molecule has 0 aromatic carbocycles. The minimum atomic E-state index is -0.594. The summed E-state index contributed by atoms with van der Waals surface area (Å²) < 4.78 is 9.29. The van der Waals surface area contributed by atoms with Gasteiger partial charge >= 0.3 is 29.6 Å². The van der Waals surface area contributed by atoms with E-state index in [0.717, 1.165) is 17.6 Å². The SMILES string of the molecule is COC(CBr)C(=O)Nc1cc(C)c(SOO[O-])c(C)n1.[Na+]. The van der Waals surface area contributed by atoms with Crippen LogP contribution in [0.3, 0.4) is 0 Å². The van der Waals surface area contributed by atoms with E-state index < -0.39 is 6.10 Å². The maximum Gasteiger partial charge on any atom is 1.00 e. The number of hydrogen-bond donors (Lipinski definition) is 1. The Labute approximate surface area is 157 Å². The van der Waals surface area contributed by atoms with Crippen LogP contribution < -0.4 is 40.1 Å². The normalized spacial score (nSPS) is 11.7. The molecule has 1 amide bonds. The molecule has 1 rings (SSSR count). The van der Waals surface area contributed by atoms with Crippen molar-refractivity contribution in [2.45, 2.75) is 24.8 Å². The molecule has 1 N–H and O–H groups in total. The summed E-state index contributed by atoms with van der Waals surface area (Å²) in [7, 11) is 1.45. The summed E-state index contributed by atoms with van der Waals surface area (Å²) in [6.07, 6.45) is -0.594. The third-order valence-electron chi connectivity index (χ3n) is 2.44. The number of hydrogen-bond acceptors (Lipinski definition) is 7. The molecule has 1 aromatic rings. The zero-order valence-electron chi connectivity index (χ0n) is 12.1. The molecule has 0 saturated heterocycles. The van der Waals surface area contributed by atoms with Crippen LogP contribution in [-0.2, 0) is 18.9 Å². The number of aromatic nitrogens is 1. The number of nitrogens with zero attached hydrogens (tertiary/aromatic N) is 1. The summed E-state index contributed by atoms with van der Waals surface area (Å²) in [6, 6.07) is 1.67. The van der Waals surface area contributed by atoms with Gasteiger partial charge in [-0.1, -0.05) is 15.9 Å². The maximum absolute atomic E-state index is 11.9. The number of aryl methyl sites for hydroxylation is 2. The number of pyridine rings is 1. The Kier molecular flexibility index (Phi) is 11.1. The molecule has 0 bridgehead atoms. The van der Waals surface area contributed by atoms with Gasteiger partial charge in [-0.2, -0.15) is 4.33 Å². The Hall–Kier alpha value is 0.290. The largest absolute Gasteiger partial charge is 1.00 e. The first-order valence-corrected chi connectivity index (χ1v) is 7.40. The van der Waals surface area contributed by atoms with Crippen molar-refractivity contribution in [3.8, 4) is 0 Å². The van der Waals surface area contributed by atoms with Crippen LogP contribution in [-0.4, -0.2) is 29.4 Å². The molecule has 0 spiro atoms. The molecule has 21 heavy (non-hydrogen) atoms. The molecule has 0 saturated carbocycles. The molecule has 7 nitrogen and oxygen atoms in total. The van der Waals surface area contributed by atoms with Gasteiger partial charge in [0.1, 0.15) is 11.9 Å². The fourth-order valence-electron chi connectivity index (χ4n) is 1.50. The number of amides is 1. The van der Waals surface area contributed by atoms with Gasteiger partial charge in [-0.25, -0.2) is 4.98 Å². The third-order valence-corrected chi connectivity index (χ3v) is 3.94. The number of alkyl halides is 1. The molecule has 0 aliphatic heterocycles. The topological polar surface area (TPSA) is 92.7 Å². The molecule has 1 heterocycles. The van der Waals surface area contributed by atoms with Gasteiger partial charge in [-0.05, 0) is 25.5 Å².